The number of halogens is 6. The summed E-state index contributed by atoms with van der Waals surface area (Å²) >= 11 is 10.4. The summed E-state index contributed by atoms with van der Waals surface area (Å²) < 4.78 is 63.6. The van der Waals surface area contributed by atoms with Gasteiger partial charge in [-0.25, -0.2) is 0 Å². The molecule has 1 aromatic carbocycles. The first-order chi connectivity index (χ1) is 10.0. The van der Waals surface area contributed by atoms with Crippen LogP contribution in [0.1, 0.15) is 5.69 Å². The Bertz CT molecular complexity index is 779. The molecule has 0 saturated heterocycles. The molecule has 0 atom stereocenters. The minimum absolute atomic E-state index is 0.165. The number of H-pyrrole nitrogens is 1. The average molecular weight is 357 g/mol. The number of benzene rings is 1. The number of alkyl halides is 5. The first kappa shape index (κ1) is 16.6. The summed E-state index contributed by atoms with van der Waals surface area (Å²) in [6, 6.07) is 5.73. The van der Waals surface area contributed by atoms with E-state index in [0.29, 0.717) is 5.02 Å². The summed E-state index contributed by atoms with van der Waals surface area (Å²) in [5.74, 6) is -5.21. The van der Waals surface area contributed by atoms with E-state index < -0.39 is 28.1 Å². The van der Waals surface area contributed by atoms with Crippen molar-refractivity contribution in [3.63, 3.8) is 0 Å². The van der Waals surface area contributed by atoms with Crippen LogP contribution in [0.3, 0.4) is 0 Å². The van der Waals surface area contributed by atoms with Gasteiger partial charge in [0.15, 0.2) is 4.77 Å². The zero-order valence-corrected chi connectivity index (χ0v) is 12.0. The molecule has 0 aliphatic heterocycles. The molecule has 1 aromatic heterocycles. The largest absolute Gasteiger partial charge is 0.459 e. The van der Waals surface area contributed by atoms with Crippen molar-refractivity contribution >= 4 is 23.8 Å². The molecule has 0 spiro atoms. The molecule has 1 heterocycles. The lowest BCUT2D eigenvalue weighted by Crippen LogP contribution is -2.36. The van der Waals surface area contributed by atoms with Gasteiger partial charge in [-0.1, -0.05) is 11.6 Å². The topological polar surface area (TPSA) is 37.8 Å². The van der Waals surface area contributed by atoms with Crippen LogP contribution >= 0.6 is 23.8 Å². The standard InChI is InChI=1S/C12H6ClF5N2OS/c13-6-1-3-7(4-2-6)20-9(21)5-8(19-10(20)22)11(14,15)12(16,17)18/h1-5H,(H,19,22). The van der Waals surface area contributed by atoms with E-state index in [0.717, 1.165) is 4.57 Å². The molecule has 0 amide bonds. The molecule has 0 fully saturated rings. The SMILES string of the molecule is O=c1cc(C(F)(F)C(F)(F)F)[nH]c(=S)n1-c1ccc(Cl)cc1. The van der Waals surface area contributed by atoms with Gasteiger partial charge in [-0.05, 0) is 36.5 Å². The van der Waals surface area contributed by atoms with Crippen LogP contribution in [-0.4, -0.2) is 15.7 Å². The summed E-state index contributed by atoms with van der Waals surface area (Å²) in [4.78, 5) is 13.6. The number of nitrogens with one attached hydrogen (secondary N) is 1. The van der Waals surface area contributed by atoms with Crippen molar-refractivity contribution in [3.8, 4) is 5.69 Å². The van der Waals surface area contributed by atoms with Crippen LogP contribution in [0.2, 0.25) is 5.02 Å². The molecular weight excluding hydrogens is 351 g/mol. The van der Waals surface area contributed by atoms with Crippen molar-refractivity contribution in [1.82, 2.24) is 9.55 Å². The number of nitrogens with zero attached hydrogens (tertiary/aromatic N) is 1. The summed E-state index contributed by atoms with van der Waals surface area (Å²) in [5, 5.41) is 0.354. The van der Waals surface area contributed by atoms with Gasteiger partial charge >= 0.3 is 12.1 Å². The maximum Gasteiger partial charge on any atom is 0.459 e. The third-order valence-electron chi connectivity index (χ3n) is 2.71. The third kappa shape index (κ3) is 2.91. The average Bonchev–Trinajstić information content (AvgIpc) is 2.38. The summed E-state index contributed by atoms with van der Waals surface area (Å²) in [6.45, 7) is 0. The predicted octanol–water partition coefficient (Wildman–Crippen LogP) is 4.20. The fourth-order valence-electron chi connectivity index (χ4n) is 1.65. The van der Waals surface area contributed by atoms with Gasteiger partial charge in [0, 0.05) is 11.1 Å². The van der Waals surface area contributed by atoms with Crippen molar-refractivity contribution in [2.45, 2.75) is 12.1 Å². The lowest BCUT2D eigenvalue weighted by atomic mass is 10.2. The smallest absolute Gasteiger partial charge is 0.330 e. The fourth-order valence-corrected chi connectivity index (χ4v) is 2.08. The maximum absolute atomic E-state index is 13.2. The Morgan fingerprint density at radius 1 is 1.09 bits per heavy atom. The number of aromatic amines is 1. The number of rotatable bonds is 2. The quantitative estimate of drug-likeness (QED) is 0.647. The highest BCUT2D eigenvalue weighted by Gasteiger charge is 2.59. The van der Waals surface area contributed by atoms with Crippen LogP contribution in [0.5, 0.6) is 0 Å². The molecule has 3 nitrogen and oxygen atoms in total. The van der Waals surface area contributed by atoms with Gasteiger partial charge in [0.2, 0.25) is 0 Å². The zero-order valence-electron chi connectivity index (χ0n) is 10.4. The summed E-state index contributed by atoms with van der Waals surface area (Å²) in [6.07, 6.45) is -5.84. The number of hydrogen-bond donors (Lipinski definition) is 1. The van der Waals surface area contributed by atoms with Gasteiger partial charge in [0.05, 0.1) is 5.69 Å². The Balaban J connectivity index is 2.63. The normalized spacial score (nSPS) is 12.5. The monoisotopic (exact) mass is 356 g/mol. The van der Waals surface area contributed by atoms with Gasteiger partial charge in [0.25, 0.3) is 5.56 Å². The van der Waals surface area contributed by atoms with Crippen molar-refractivity contribution < 1.29 is 22.0 Å². The highest BCUT2D eigenvalue weighted by atomic mass is 35.5. The van der Waals surface area contributed by atoms with Crippen LogP contribution < -0.4 is 5.56 Å². The zero-order chi connectivity index (χ0) is 16.7. The van der Waals surface area contributed by atoms with E-state index in [2.05, 4.69) is 0 Å². The summed E-state index contributed by atoms with van der Waals surface area (Å²) in [5.41, 5.74) is -2.55. The first-order valence-corrected chi connectivity index (χ1v) is 6.40. The van der Waals surface area contributed by atoms with Crippen LogP contribution in [0.25, 0.3) is 5.69 Å². The molecule has 118 valence electrons. The molecule has 22 heavy (non-hydrogen) atoms. The van der Waals surface area contributed by atoms with E-state index in [-0.39, 0.29) is 11.8 Å². The van der Waals surface area contributed by atoms with Gasteiger partial charge < -0.3 is 4.98 Å². The van der Waals surface area contributed by atoms with Crippen molar-refractivity contribution in [2.75, 3.05) is 0 Å². The van der Waals surface area contributed by atoms with Crippen LogP contribution in [-0.2, 0) is 5.92 Å². The van der Waals surface area contributed by atoms with Gasteiger partial charge in [-0.2, -0.15) is 22.0 Å². The Kier molecular flexibility index (Phi) is 4.14. The Hall–Kier alpha value is -1.74. The molecule has 2 rings (SSSR count). The molecule has 0 aliphatic rings. The molecule has 0 unspecified atom stereocenters. The van der Waals surface area contributed by atoms with Gasteiger partial charge in [0.1, 0.15) is 5.69 Å². The molecule has 2 aromatic rings. The van der Waals surface area contributed by atoms with Crippen molar-refractivity contribution in [1.29, 1.82) is 0 Å². The second-order valence-corrected chi connectivity index (χ2v) is 5.03. The molecule has 1 N–H and O–H groups in total. The van der Waals surface area contributed by atoms with Crippen molar-refractivity contribution in [2.24, 2.45) is 0 Å². The van der Waals surface area contributed by atoms with E-state index >= 15 is 0 Å². The Morgan fingerprint density at radius 2 is 1.64 bits per heavy atom. The minimum atomic E-state index is -5.84. The van der Waals surface area contributed by atoms with Crippen LogP contribution in [0, 0.1) is 4.77 Å². The molecule has 0 aliphatic carbocycles. The Morgan fingerprint density at radius 3 is 2.09 bits per heavy atom. The second-order valence-electron chi connectivity index (χ2n) is 4.21. The van der Waals surface area contributed by atoms with Crippen LogP contribution in [0.4, 0.5) is 22.0 Å². The number of hydrogen-bond acceptors (Lipinski definition) is 2. The molecule has 0 bridgehead atoms. The van der Waals surface area contributed by atoms with E-state index in [4.69, 9.17) is 23.8 Å². The fraction of sp³-hybridized carbons (Fsp3) is 0.167. The lowest BCUT2D eigenvalue weighted by Gasteiger charge is -2.20. The van der Waals surface area contributed by atoms with Crippen molar-refractivity contribution in [3.05, 3.63) is 56.2 Å². The van der Waals surface area contributed by atoms with E-state index in [1.54, 1.807) is 4.98 Å². The third-order valence-corrected chi connectivity index (χ3v) is 3.25. The molecule has 0 saturated carbocycles. The predicted molar refractivity (Wildman–Crippen MR) is 72.2 cm³/mol. The van der Waals surface area contributed by atoms with Crippen LogP contribution in [0.15, 0.2) is 35.1 Å². The first-order valence-electron chi connectivity index (χ1n) is 5.61. The molecule has 0 radical (unpaired) electrons. The van der Waals surface area contributed by atoms with E-state index in [1.807, 2.05) is 0 Å². The maximum atomic E-state index is 13.2. The highest BCUT2D eigenvalue weighted by molar-refractivity contribution is 7.71. The molecular formula is C12H6ClF5N2OS. The van der Waals surface area contributed by atoms with E-state index in [9.17, 15) is 26.7 Å². The Labute approximate surface area is 130 Å². The lowest BCUT2D eigenvalue weighted by molar-refractivity contribution is -0.291. The van der Waals surface area contributed by atoms with E-state index in [1.165, 1.54) is 24.3 Å². The van der Waals surface area contributed by atoms with Gasteiger partial charge in [-0.3, -0.25) is 9.36 Å². The highest BCUT2D eigenvalue weighted by Crippen LogP contribution is 2.42. The second kappa shape index (κ2) is 5.47. The minimum Gasteiger partial charge on any atom is -0.330 e. The van der Waals surface area contributed by atoms with Gasteiger partial charge in [-0.15, -0.1) is 0 Å². The molecule has 10 heteroatoms. The number of aromatic nitrogens is 2. The summed E-state index contributed by atoms with van der Waals surface area (Å²) in [7, 11) is 0.